The number of ether oxygens (including phenoxy) is 3. The summed E-state index contributed by atoms with van der Waals surface area (Å²) in [6.45, 7) is 4.34. The van der Waals surface area contributed by atoms with Crippen LogP contribution in [0.25, 0.3) is 10.8 Å². The predicted octanol–water partition coefficient (Wildman–Crippen LogP) is 4.00. The zero-order valence-corrected chi connectivity index (χ0v) is 16.5. The number of carbonyl (C=O) groups is 1. The van der Waals surface area contributed by atoms with Gasteiger partial charge >= 0.3 is 0 Å². The van der Waals surface area contributed by atoms with E-state index in [-0.39, 0.29) is 18.1 Å². The average Bonchev–Trinajstić information content (AvgIpc) is 3.54. The van der Waals surface area contributed by atoms with Gasteiger partial charge in [0.25, 0.3) is 0 Å². The highest BCUT2D eigenvalue weighted by atomic mass is 16.7. The maximum absolute atomic E-state index is 10.9. The van der Waals surface area contributed by atoms with Crippen LogP contribution < -0.4 is 10.1 Å². The van der Waals surface area contributed by atoms with Crippen LogP contribution >= 0.6 is 0 Å². The van der Waals surface area contributed by atoms with Gasteiger partial charge in [-0.15, -0.1) is 0 Å². The third-order valence-electron chi connectivity index (χ3n) is 5.47. The summed E-state index contributed by atoms with van der Waals surface area (Å²) in [6.07, 6.45) is 4.07. The lowest BCUT2D eigenvalue weighted by molar-refractivity contribution is -0.189. The van der Waals surface area contributed by atoms with Crippen LogP contribution in [0.3, 0.4) is 0 Å². The number of hydrogen-bond acceptors (Lipinski definition) is 4. The average molecular weight is 383 g/mol. The Balaban J connectivity index is 1.34. The van der Waals surface area contributed by atoms with Gasteiger partial charge in [0.1, 0.15) is 5.75 Å². The van der Waals surface area contributed by atoms with Gasteiger partial charge in [-0.2, -0.15) is 0 Å². The molecular weight excluding hydrogens is 354 g/mol. The molecule has 2 aliphatic rings. The van der Waals surface area contributed by atoms with E-state index in [1.54, 1.807) is 0 Å². The zero-order chi connectivity index (χ0) is 19.3. The van der Waals surface area contributed by atoms with E-state index in [1.807, 2.05) is 0 Å². The Bertz CT molecular complexity index is 809. The zero-order valence-electron chi connectivity index (χ0n) is 16.5. The van der Waals surface area contributed by atoms with Gasteiger partial charge in [0.2, 0.25) is 5.91 Å². The third-order valence-corrected chi connectivity index (χ3v) is 5.47. The molecule has 5 nitrogen and oxygen atoms in total. The molecule has 5 heteroatoms. The molecule has 28 heavy (non-hydrogen) atoms. The summed E-state index contributed by atoms with van der Waals surface area (Å²) in [5.41, 5.74) is 1.27. The van der Waals surface area contributed by atoms with E-state index in [0.717, 1.165) is 31.1 Å². The molecule has 1 aliphatic carbocycles. The molecule has 0 aromatic heterocycles. The molecule has 0 atom stereocenters. The SMILES string of the molecule is CC(=O)NCCC[C@H]1OC[C@H](c2cccc3cc(OCC4CC4)ccc32)CO1. The molecule has 2 aromatic rings. The number of fused-ring (bicyclic) bond motifs is 1. The van der Waals surface area contributed by atoms with Gasteiger partial charge in [0.05, 0.1) is 19.8 Å². The van der Waals surface area contributed by atoms with E-state index >= 15 is 0 Å². The minimum absolute atomic E-state index is 0.00240. The summed E-state index contributed by atoms with van der Waals surface area (Å²) >= 11 is 0. The first-order valence-electron chi connectivity index (χ1n) is 10.3. The largest absolute Gasteiger partial charge is 0.493 e. The van der Waals surface area contributed by atoms with E-state index < -0.39 is 0 Å². The number of nitrogens with one attached hydrogen (secondary N) is 1. The molecule has 1 saturated heterocycles. The predicted molar refractivity (Wildman–Crippen MR) is 109 cm³/mol. The van der Waals surface area contributed by atoms with Gasteiger partial charge in [0, 0.05) is 25.8 Å². The van der Waals surface area contributed by atoms with Crippen molar-refractivity contribution in [3.05, 3.63) is 42.0 Å². The monoisotopic (exact) mass is 383 g/mol. The fraction of sp³-hybridized carbons (Fsp3) is 0.522. The molecule has 1 heterocycles. The first-order chi connectivity index (χ1) is 13.7. The fourth-order valence-electron chi connectivity index (χ4n) is 3.65. The van der Waals surface area contributed by atoms with E-state index in [4.69, 9.17) is 14.2 Å². The van der Waals surface area contributed by atoms with E-state index in [0.29, 0.717) is 19.8 Å². The van der Waals surface area contributed by atoms with E-state index in [1.165, 1.54) is 36.1 Å². The molecule has 0 radical (unpaired) electrons. The second-order valence-corrected chi connectivity index (χ2v) is 7.90. The van der Waals surface area contributed by atoms with Crippen molar-refractivity contribution in [3.63, 3.8) is 0 Å². The molecule has 1 amide bonds. The summed E-state index contributed by atoms with van der Waals surface area (Å²) in [4.78, 5) is 10.9. The number of carbonyl (C=O) groups excluding carboxylic acids is 1. The van der Waals surface area contributed by atoms with Crippen molar-refractivity contribution in [1.82, 2.24) is 5.32 Å². The highest BCUT2D eigenvalue weighted by Gasteiger charge is 2.25. The van der Waals surface area contributed by atoms with Crippen LogP contribution in [-0.4, -0.2) is 38.6 Å². The highest BCUT2D eigenvalue weighted by molar-refractivity contribution is 5.87. The van der Waals surface area contributed by atoms with Gasteiger partial charge in [-0.25, -0.2) is 0 Å². The van der Waals surface area contributed by atoms with Crippen molar-refractivity contribution in [2.75, 3.05) is 26.4 Å². The van der Waals surface area contributed by atoms with Crippen molar-refractivity contribution in [2.45, 2.75) is 44.8 Å². The minimum Gasteiger partial charge on any atom is -0.493 e. The highest BCUT2D eigenvalue weighted by Crippen LogP contribution is 2.33. The molecule has 0 unspecified atom stereocenters. The standard InChI is InChI=1S/C23H29NO4/c1-16(25)24-11-3-6-23-27-14-19(15-28-23)21-5-2-4-18-12-20(9-10-22(18)21)26-13-17-7-8-17/h2,4-5,9-10,12,17,19,23H,3,6-8,11,13-15H2,1H3,(H,24,25)/t19-,23-. The molecule has 2 fully saturated rings. The number of benzene rings is 2. The Morgan fingerprint density at radius 1 is 1.18 bits per heavy atom. The number of rotatable bonds is 8. The molecule has 0 spiro atoms. The maximum atomic E-state index is 10.9. The number of amides is 1. The molecule has 1 aliphatic heterocycles. The Morgan fingerprint density at radius 3 is 2.75 bits per heavy atom. The van der Waals surface area contributed by atoms with Crippen molar-refractivity contribution in [1.29, 1.82) is 0 Å². The normalized spacial score (nSPS) is 22.2. The van der Waals surface area contributed by atoms with Gasteiger partial charge in [-0.05, 0) is 53.6 Å². The quantitative estimate of drug-likeness (QED) is 0.700. The van der Waals surface area contributed by atoms with Gasteiger partial charge in [0.15, 0.2) is 6.29 Å². The Labute approximate surface area is 166 Å². The lowest BCUT2D eigenvalue weighted by atomic mass is 9.94. The van der Waals surface area contributed by atoms with Crippen molar-refractivity contribution in [2.24, 2.45) is 5.92 Å². The first kappa shape index (κ1) is 19.2. The van der Waals surface area contributed by atoms with Crippen LogP contribution in [0.2, 0.25) is 0 Å². The van der Waals surface area contributed by atoms with E-state index in [2.05, 4.69) is 41.7 Å². The summed E-state index contributed by atoms with van der Waals surface area (Å²) in [5.74, 6) is 1.94. The molecule has 0 bridgehead atoms. The molecule has 150 valence electrons. The Kier molecular flexibility index (Phi) is 6.13. The molecule has 2 aromatic carbocycles. The summed E-state index contributed by atoms with van der Waals surface area (Å²) < 4.78 is 17.8. The van der Waals surface area contributed by atoms with Gasteiger partial charge in [-0.1, -0.05) is 24.3 Å². The first-order valence-corrected chi connectivity index (χ1v) is 10.3. The van der Waals surface area contributed by atoms with Crippen molar-refractivity contribution >= 4 is 16.7 Å². The summed E-state index contributed by atoms with van der Waals surface area (Å²) in [5, 5.41) is 5.24. The Hall–Kier alpha value is -2.11. The van der Waals surface area contributed by atoms with Crippen LogP contribution in [0.1, 0.15) is 44.1 Å². The molecule has 1 saturated carbocycles. The summed E-state index contributed by atoms with van der Waals surface area (Å²) in [7, 11) is 0. The minimum atomic E-state index is -0.178. The molecular formula is C23H29NO4. The lowest BCUT2D eigenvalue weighted by Gasteiger charge is -2.30. The Morgan fingerprint density at radius 2 is 2.00 bits per heavy atom. The molecule has 4 rings (SSSR count). The van der Waals surface area contributed by atoms with Crippen LogP contribution in [0, 0.1) is 5.92 Å². The second kappa shape index (κ2) is 8.93. The summed E-state index contributed by atoms with van der Waals surface area (Å²) in [6, 6.07) is 12.8. The fourth-order valence-corrected chi connectivity index (χ4v) is 3.65. The van der Waals surface area contributed by atoms with Crippen molar-refractivity contribution < 1.29 is 19.0 Å². The maximum Gasteiger partial charge on any atom is 0.216 e. The second-order valence-electron chi connectivity index (χ2n) is 7.90. The van der Waals surface area contributed by atoms with Gasteiger partial charge < -0.3 is 19.5 Å². The van der Waals surface area contributed by atoms with Crippen molar-refractivity contribution in [3.8, 4) is 5.75 Å². The molecule has 1 N–H and O–H groups in total. The van der Waals surface area contributed by atoms with Crippen LogP contribution in [0.4, 0.5) is 0 Å². The van der Waals surface area contributed by atoms with Crippen LogP contribution in [-0.2, 0) is 14.3 Å². The van der Waals surface area contributed by atoms with Crippen LogP contribution in [0.5, 0.6) is 5.75 Å². The van der Waals surface area contributed by atoms with Crippen LogP contribution in [0.15, 0.2) is 36.4 Å². The van der Waals surface area contributed by atoms with E-state index in [9.17, 15) is 4.79 Å². The van der Waals surface area contributed by atoms with Gasteiger partial charge in [-0.3, -0.25) is 4.79 Å². The number of hydrogen-bond donors (Lipinski definition) is 1. The lowest BCUT2D eigenvalue weighted by Crippen LogP contribution is -2.32. The topological polar surface area (TPSA) is 56.8 Å². The smallest absolute Gasteiger partial charge is 0.216 e. The third kappa shape index (κ3) is 5.03.